The number of pyridine rings is 1. The summed E-state index contributed by atoms with van der Waals surface area (Å²) in [6.07, 6.45) is 5.76. The van der Waals surface area contributed by atoms with Gasteiger partial charge in [-0.15, -0.1) is 0 Å². The zero-order chi connectivity index (χ0) is 13.2. The summed E-state index contributed by atoms with van der Waals surface area (Å²) in [5.74, 6) is 0.573. The summed E-state index contributed by atoms with van der Waals surface area (Å²) in [5.41, 5.74) is 5.45. The van der Waals surface area contributed by atoms with Crippen molar-refractivity contribution in [2.45, 2.75) is 30.6 Å². The van der Waals surface area contributed by atoms with E-state index in [0.29, 0.717) is 12.5 Å². The topological polar surface area (TPSA) is 85.1 Å². The molecule has 0 spiro atoms. The van der Waals surface area contributed by atoms with Gasteiger partial charge < -0.3 is 5.73 Å². The van der Waals surface area contributed by atoms with Crippen molar-refractivity contribution in [2.75, 3.05) is 12.3 Å². The summed E-state index contributed by atoms with van der Waals surface area (Å²) in [6.45, 7) is 0.477. The van der Waals surface area contributed by atoms with E-state index in [9.17, 15) is 8.42 Å². The number of nitrogens with zero attached hydrogens (tertiary/aromatic N) is 1. The Morgan fingerprint density at radius 3 is 2.72 bits per heavy atom. The molecule has 18 heavy (non-hydrogen) atoms. The second-order valence-corrected chi connectivity index (χ2v) is 6.71. The highest BCUT2D eigenvalue weighted by Gasteiger charge is 2.20. The van der Waals surface area contributed by atoms with E-state index in [1.807, 2.05) is 0 Å². The maximum Gasteiger partial charge on any atom is 0.242 e. The van der Waals surface area contributed by atoms with Gasteiger partial charge >= 0.3 is 0 Å². The average Bonchev–Trinajstić information content (AvgIpc) is 2.83. The van der Waals surface area contributed by atoms with Crippen molar-refractivity contribution >= 4 is 27.4 Å². The number of nitrogen functional groups attached to an aromatic ring is 1. The van der Waals surface area contributed by atoms with Crippen LogP contribution < -0.4 is 10.5 Å². The third-order valence-corrected chi connectivity index (χ3v) is 4.88. The van der Waals surface area contributed by atoms with Gasteiger partial charge in [-0.2, -0.15) is 0 Å². The molecule has 0 radical (unpaired) electrons. The van der Waals surface area contributed by atoms with Crippen LogP contribution in [0.5, 0.6) is 0 Å². The smallest absolute Gasteiger partial charge is 0.242 e. The lowest BCUT2D eigenvalue weighted by atomic mass is 10.1. The van der Waals surface area contributed by atoms with Crippen molar-refractivity contribution in [3.63, 3.8) is 0 Å². The van der Waals surface area contributed by atoms with Crippen LogP contribution >= 0.6 is 11.6 Å². The third-order valence-electron chi connectivity index (χ3n) is 3.19. The Morgan fingerprint density at radius 2 is 2.11 bits per heavy atom. The Morgan fingerprint density at radius 1 is 1.44 bits per heavy atom. The lowest BCUT2D eigenvalue weighted by molar-refractivity contribution is 0.519. The number of aromatic nitrogens is 1. The summed E-state index contributed by atoms with van der Waals surface area (Å²) in [4.78, 5) is 3.81. The third kappa shape index (κ3) is 3.13. The van der Waals surface area contributed by atoms with E-state index in [0.717, 1.165) is 12.8 Å². The van der Waals surface area contributed by atoms with E-state index in [1.54, 1.807) is 0 Å². The summed E-state index contributed by atoms with van der Waals surface area (Å²) in [5, 5.41) is 0.152. The minimum Gasteiger partial charge on any atom is -0.382 e. The average molecular weight is 290 g/mol. The second-order valence-electron chi connectivity index (χ2n) is 4.54. The Bertz CT molecular complexity index is 527. The molecule has 0 unspecified atom stereocenters. The van der Waals surface area contributed by atoms with E-state index in [4.69, 9.17) is 17.3 Å². The van der Waals surface area contributed by atoms with E-state index < -0.39 is 10.0 Å². The van der Waals surface area contributed by atoms with Gasteiger partial charge in [-0.25, -0.2) is 18.1 Å². The first-order chi connectivity index (χ1) is 8.49. The molecule has 0 aliphatic heterocycles. The van der Waals surface area contributed by atoms with Crippen LogP contribution in [0.3, 0.4) is 0 Å². The Kier molecular flexibility index (Phi) is 4.09. The first kappa shape index (κ1) is 13.6. The quantitative estimate of drug-likeness (QED) is 0.885. The van der Waals surface area contributed by atoms with Gasteiger partial charge in [0.1, 0.15) is 10.7 Å². The fourth-order valence-electron chi connectivity index (χ4n) is 2.10. The maximum absolute atomic E-state index is 12.0. The number of rotatable bonds is 4. The van der Waals surface area contributed by atoms with E-state index in [1.165, 1.54) is 25.1 Å². The highest BCUT2D eigenvalue weighted by Crippen LogP contribution is 2.25. The molecule has 1 heterocycles. The van der Waals surface area contributed by atoms with Gasteiger partial charge in [-0.05, 0) is 24.8 Å². The van der Waals surface area contributed by atoms with Crippen LogP contribution in [0.1, 0.15) is 25.7 Å². The van der Waals surface area contributed by atoms with Crippen LogP contribution in [0.15, 0.2) is 17.2 Å². The van der Waals surface area contributed by atoms with Gasteiger partial charge in [0.15, 0.2) is 0 Å². The predicted molar refractivity (Wildman–Crippen MR) is 70.8 cm³/mol. The Labute approximate surface area is 112 Å². The predicted octanol–water partition coefficient (Wildman–Crippen LogP) is 1.79. The van der Waals surface area contributed by atoms with Crippen LogP contribution in [-0.2, 0) is 10.0 Å². The molecule has 1 aliphatic rings. The van der Waals surface area contributed by atoms with E-state index >= 15 is 0 Å². The summed E-state index contributed by atoms with van der Waals surface area (Å²) in [7, 11) is -3.54. The van der Waals surface area contributed by atoms with Crippen molar-refractivity contribution in [1.29, 1.82) is 0 Å². The normalized spacial score (nSPS) is 17.2. The standard InChI is InChI=1S/C11H16ClN3O2S/c12-10-5-9(7-14-11(10)13)18(16,17)15-6-8-3-1-2-4-8/h5,7-8,15H,1-4,6H2,(H2,13,14). The van der Waals surface area contributed by atoms with Gasteiger partial charge in [-0.3, -0.25) is 0 Å². The van der Waals surface area contributed by atoms with Crippen molar-refractivity contribution in [3.05, 3.63) is 17.3 Å². The number of anilines is 1. The number of halogens is 1. The molecule has 1 aliphatic carbocycles. The summed E-state index contributed by atoms with van der Waals surface area (Å²) in [6, 6.07) is 1.32. The number of nitrogens with one attached hydrogen (secondary N) is 1. The maximum atomic E-state index is 12.0. The van der Waals surface area contributed by atoms with E-state index in [2.05, 4.69) is 9.71 Å². The van der Waals surface area contributed by atoms with Crippen LogP contribution in [-0.4, -0.2) is 19.9 Å². The molecular weight excluding hydrogens is 274 g/mol. The number of nitrogens with two attached hydrogens (primary N) is 1. The summed E-state index contributed by atoms with van der Waals surface area (Å²) < 4.78 is 26.6. The minimum atomic E-state index is -3.54. The lowest BCUT2D eigenvalue weighted by Crippen LogP contribution is -2.28. The highest BCUT2D eigenvalue weighted by molar-refractivity contribution is 7.89. The molecule has 0 atom stereocenters. The molecule has 5 nitrogen and oxygen atoms in total. The first-order valence-electron chi connectivity index (χ1n) is 5.90. The fraction of sp³-hybridized carbons (Fsp3) is 0.545. The molecule has 0 aromatic carbocycles. The minimum absolute atomic E-state index is 0.0553. The molecule has 0 amide bonds. The second kappa shape index (κ2) is 5.42. The molecule has 2 rings (SSSR count). The van der Waals surface area contributed by atoms with Crippen LogP contribution in [0.25, 0.3) is 0 Å². The largest absolute Gasteiger partial charge is 0.382 e. The lowest BCUT2D eigenvalue weighted by Gasteiger charge is -2.11. The molecule has 1 aromatic heterocycles. The molecule has 100 valence electrons. The number of sulfonamides is 1. The van der Waals surface area contributed by atoms with Crippen LogP contribution in [0.2, 0.25) is 5.02 Å². The molecular formula is C11H16ClN3O2S. The van der Waals surface area contributed by atoms with Gasteiger partial charge in [0.05, 0.1) is 5.02 Å². The SMILES string of the molecule is Nc1ncc(S(=O)(=O)NCC2CCCC2)cc1Cl. The van der Waals surface area contributed by atoms with Crippen LogP contribution in [0, 0.1) is 5.92 Å². The number of hydrogen-bond acceptors (Lipinski definition) is 4. The molecule has 0 saturated heterocycles. The molecule has 0 bridgehead atoms. The number of hydrogen-bond donors (Lipinski definition) is 2. The van der Waals surface area contributed by atoms with Gasteiger partial charge in [0, 0.05) is 12.7 Å². The van der Waals surface area contributed by atoms with Gasteiger partial charge in [-0.1, -0.05) is 24.4 Å². The Hall–Kier alpha value is -0.850. The molecule has 7 heteroatoms. The fourth-order valence-corrected chi connectivity index (χ4v) is 3.42. The zero-order valence-electron chi connectivity index (χ0n) is 9.89. The van der Waals surface area contributed by atoms with Gasteiger partial charge in [0.2, 0.25) is 10.0 Å². The first-order valence-corrected chi connectivity index (χ1v) is 7.76. The van der Waals surface area contributed by atoms with Gasteiger partial charge in [0.25, 0.3) is 0 Å². The molecule has 1 saturated carbocycles. The van der Waals surface area contributed by atoms with E-state index in [-0.39, 0.29) is 15.7 Å². The van der Waals surface area contributed by atoms with Crippen molar-refractivity contribution in [1.82, 2.24) is 9.71 Å². The monoisotopic (exact) mass is 289 g/mol. The zero-order valence-corrected chi connectivity index (χ0v) is 11.5. The molecule has 1 fully saturated rings. The van der Waals surface area contributed by atoms with Crippen molar-refractivity contribution in [3.8, 4) is 0 Å². The molecule has 3 N–H and O–H groups in total. The van der Waals surface area contributed by atoms with Crippen molar-refractivity contribution < 1.29 is 8.42 Å². The summed E-state index contributed by atoms with van der Waals surface area (Å²) >= 11 is 5.77. The highest BCUT2D eigenvalue weighted by atomic mass is 35.5. The molecule has 1 aromatic rings. The Balaban J connectivity index is 2.07. The van der Waals surface area contributed by atoms with Crippen LogP contribution in [0.4, 0.5) is 5.82 Å². The van der Waals surface area contributed by atoms with Crippen molar-refractivity contribution in [2.24, 2.45) is 5.92 Å².